The molecule has 1 atom stereocenters. The topological polar surface area (TPSA) is 108 Å². The summed E-state index contributed by atoms with van der Waals surface area (Å²) >= 11 is 1.25. The lowest BCUT2D eigenvalue weighted by Crippen LogP contribution is -2.43. The third-order valence-corrected chi connectivity index (χ3v) is 4.07. The molecule has 0 radical (unpaired) electrons. The van der Waals surface area contributed by atoms with Crippen molar-refractivity contribution in [3.8, 4) is 10.6 Å². The molecule has 24 heavy (non-hydrogen) atoms. The Balaban J connectivity index is 2.03. The number of aromatic nitrogens is 1. The largest absolute Gasteiger partial charge is 0.476 e. The standard InChI is InChI=1S/C16H17N3O4S/c1-9(18-10(2)20)14(21)17-7-11-4-3-5-12(6-11)15-19-13(8-24-15)16(22)23/h3-6,8-9H,7H2,1-2H3,(H,17,21)(H,18,20)(H,22,23). The van der Waals surface area contributed by atoms with Crippen LogP contribution in [-0.4, -0.2) is 33.9 Å². The van der Waals surface area contributed by atoms with Crippen LogP contribution in [0.5, 0.6) is 0 Å². The number of carbonyl (C=O) groups is 3. The van der Waals surface area contributed by atoms with Crippen LogP contribution in [0.3, 0.4) is 0 Å². The van der Waals surface area contributed by atoms with Gasteiger partial charge in [-0.3, -0.25) is 9.59 Å². The monoisotopic (exact) mass is 347 g/mol. The molecule has 0 saturated carbocycles. The molecule has 7 nitrogen and oxygen atoms in total. The predicted molar refractivity (Wildman–Crippen MR) is 89.6 cm³/mol. The molecule has 0 saturated heterocycles. The van der Waals surface area contributed by atoms with Gasteiger partial charge in [0.05, 0.1) is 0 Å². The summed E-state index contributed by atoms with van der Waals surface area (Å²) in [5.41, 5.74) is 1.65. The molecule has 0 fully saturated rings. The minimum Gasteiger partial charge on any atom is -0.476 e. The average molecular weight is 347 g/mol. The molecular weight excluding hydrogens is 330 g/mol. The SMILES string of the molecule is CC(=O)NC(C)C(=O)NCc1cccc(-c2nc(C(=O)O)cs2)c1. The number of rotatable bonds is 6. The molecule has 2 rings (SSSR count). The molecule has 0 aliphatic heterocycles. The van der Waals surface area contributed by atoms with Gasteiger partial charge in [0.15, 0.2) is 5.69 Å². The van der Waals surface area contributed by atoms with Gasteiger partial charge in [0.25, 0.3) is 0 Å². The quantitative estimate of drug-likeness (QED) is 0.736. The molecule has 1 unspecified atom stereocenters. The zero-order valence-corrected chi connectivity index (χ0v) is 14.0. The second-order valence-corrected chi connectivity index (χ2v) is 6.04. The molecule has 0 bridgehead atoms. The number of hydrogen-bond acceptors (Lipinski definition) is 5. The summed E-state index contributed by atoms with van der Waals surface area (Å²) in [6, 6.07) is 6.72. The number of amides is 2. The van der Waals surface area contributed by atoms with Crippen LogP contribution < -0.4 is 10.6 Å². The lowest BCUT2D eigenvalue weighted by molar-refractivity contribution is -0.127. The van der Waals surface area contributed by atoms with Crippen LogP contribution in [-0.2, 0) is 16.1 Å². The minimum absolute atomic E-state index is 0.0119. The van der Waals surface area contributed by atoms with Crippen LogP contribution >= 0.6 is 11.3 Å². The van der Waals surface area contributed by atoms with Gasteiger partial charge in [-0.2, -0.15) is 0 Å². The van der Waals surface area contributed by atoms with Crippen molar-refractivity contribution in [2.75, 3.05) is 0 Å². The first kappa shape index (κ1) is 17.6. The Hall–Kier alpha value is -2.74. The van der Waals surface area contributed by atoms with E-state index in [0.717, 1.165) is 11.1 Å². The molecule has 126 valence electrons. The van der Waals surface area contributed by atoms with Crippen LogP contribution in [0, 0.1) is 0 Å². The number of carboxylic acids is 1. The highest BCUT2D eigenvalue weighted by atomic mass is 32.1. The smallest absolute Gasteiger partial charge is 0.355 e. The van der Waals surface area contributed by atoms with E-state index in [1.54, 1.807) is 6.92 Å². The Morgan fingerprint density at radius 2 is 2.08 bits per heavy atom. The molecule has 0 spiro atoms. The van der Waals surface area contributed by atoms with Gasteiger partial charge in [-0.1, -0.05) is 18.2 Å². The van der Waals surface area contributed by atoms with Crippen LogP contribution in [0.2, 0.25) is 0 Å². The van der Waals surface area contributed by atoms with Gasteiger partial charge < -0.3 is 15.7 Å². The number of nitrogens with zero attached hydrogens (tertiary/aromatic N) is 1. The van der Waals surface area contributed by atoms with E-state index in [4.69, 9.17) is 5.11 Å². The van der Waals surface area contributed by atoms with Crippen LogP contribution in [0.1, 0.15) is 29.9 Å². The molecule has 8 heteroatoms. The lowest BCUT2D eigenvalue weighted by atomic mass is 10.1. The zero-order chi connectivity index (χ0) is 17.7. The molecule has 3 N–H and O–H groups in total. The fraction of sp³-hybridized carbons (Fsp3) is 0.250. The Labute approximate surface area is 142 Å². The summed E-state index contributed by atoms with van der Waals surface area (Å²) < 4.78 is 0. The molecular formula is C16H17N3O4S. The summed E-state index contributed by atoms with van der Waals surface area (Å²) in [7, 11) is 0. The van der Waals surface area contributed by atoms with E-state index in [9.17, 15) is 14.4 Å². The number of nitrogens with one attached hydrogen (secondary N) is 2. The van der Waals surface area contributed by atoms with Gasteiger partial charge in [0.2, 0.25) is 11.8 Å². The van der Waals surface area contributed by atoms with Crippen molar-refractivity contribution in [2.45, 2.75) is 26.4 Å². The molecule has 1 heterocycles. The Morgan fingerprint density at radius 1 is 1.33 bits per heavy atom. The van der Waals surface area contributed by atoms with E-state index < -0.39 is 12.0 Å². The van der Waals surface area contributed by atoms with Gasteiger partial charge in [-0.05, 0) is 18.6 Å². The number of thiazole rings is 1. The molecule has 2 amide bonds. The molecule has 0 aliphatic rings. The average Bonchev–Trinajstić information content (AvgIpc) is 3.02. The second-order valence-electron chi connectivity index (χ2n) is 5.18. The Morgan fingerprint density at radius 3 is 2.71 bits per heavy atom. The first-order chi connectivity index (χ1) is 11.4. The number of hydrogen-bond donors (Lipinski definition) is 3. The van der Waals surface area contributed by atoms with Crippen molar-refractivity contribution >= 4 is 29.1 Å². The Kier molecular flexibility index (Phi) is 5.64. The fourth-order valence-corrected chi connectivity index (χ4v) is 2.82. The highest BCUT2D eigenvalue weighted by Gasteiger charge is 2.14. The minimum atomic E-state index is -1.06. The number of carboxylic acid groups (broad SMARTS) is 1. The van der Waals surface area contributed by atoms with Crippen LogP contribution in [0.4, 0.5) is 0 Å². The van der Waals surface area contributed by atoms with E-state index in [-0.39, 0.29) is 17.5 Å². The summed E-state index contributed by atoms with van der Waals surface area (Å²) in [6.45, 7) is 3.26. The molecule has 0 aliphatic carbocycles. The number of carbonyl (C=O) groups excluding carboxylic acids is 2. The van der Waals surface area contributed by atoms with Crippen molar-refractivity contribution < 1.29 is 19.5 Å². The zero-order valence-electron chi connectivity index (χ0n) is 13.2. The summed E-state index contributed by atoms with van der Waals surface area (Å²) in [4.78, 5) is 37.8. The predicted octanol–water partition coefficient (Wildman–Crippen LogP) is 1.65. The highest BCUT2D eigenvalue weighted by Crippen LogP contribution is 2.24. The maximum atomic E-state index is 11.9. The summed E-state index contributed by atoms with van der Waals surface area (Å²) in [5, 5.41) is 16.3. The van der Waals surface area contributed by atoms with Crippen molar-refractivity contribution in [3.63, 3.8) is 0 Å². The van der Waals surface area contributed by atoms with E-state index in [1.165, 1.54) is 23.6 Å². The van der Waals surface area contributed by atoms with Gasteiger partial charge >= 0.3 is 5.97 Å². The normalized spacial score (nSPS) is 11.6. The second kappa shape index (κ2) is 7.69. The summed E-state index contributed by atoms with van der Waals surface area (Å²) in [6.07, 6.45) is 0. The highest BCUT2D eigenvalue weighted by molar-refractivity contribution is 7.13. The van der Waals surface area contributed by atoms with Crippen molar-refractivity contribution in [2.24, 2.45) is 0 Å². The maximum Gasteiger partial charge on any atom is 0.355 e. The third-order valence-electron chi connectivity index (χ3n) is 3.18. The first-order valence-electron chi connectivity index (χ1n) is 7.19. The molecule has 1 aromatic carbocycles. The summed E-state index contributed by atoms with van der Waals surface area (Å²) in [5.74, 6) is -1.61. The maximum absolute atomic E-state index is 11.9. The van der Waals surface area contributed by atoms with Gasteiger partial charge in [0.1, 0.15) is 11.0 Å². The van der Waals surface area contributed by atoms with Crippen LogP contribution in [0.25, 0.3) is 10.6 Å². The van der Waals surface area contributed by atoms with E-state index in [2.05, 4.69) is 15.6 Å². The fourth-order valence-electron chi connectivity index (χ4n) is 2.03. The van der Waals surface area contributed by atoms with Crippen molar-refractivity contribution in [1.82, 2.24) is 15.6 Å². The third kappa shape index (κ3) is 4.63. The first-order valence-corrected chi connectivity index (χ1v) is 8.07. The number of aromatic carboxylic acids is 1. The van der Waals surface area contributed by atoms with E-state index in [0.29, 0.717) is 11.6 Å². The van der Waals surface area contributed by atoms with E-state index >= 15 is 0 Å². The lowest BCUT2D eigenvalue weighted by Gasteiger charge is -2.13. The van der Waals surface area contributed by atoms with Crippen molar-refractivity contribution in [1.29, 1.82) is 0 Å². The van der Waals surface area contributed by atoms with E-state index in [1.807, 2.05) is 24.3 Å². The number of benzene rings is 1. The Bertz CT molecular complexity index is 772. The van der Waals surface area contributed by atoms with Crippen LogP contribution in [0.15, 0.2) is 29.6 Å². The van der Waals surface area contributed by atoms with Gasteiger partial charge in [0, 0.05) is 24.4 Å². The molecule has 2 aromatic rings. The van der Waals surface area contributed by atoms with Gasteiger partial charge in [-0.15, -0.1) is 11.3 Å². The van der Waals surface area contributed by atoms with Gasteiger partial charge in [-0.25, -0.2) is 9.78 Å². The van der Waals surface area contributed by atoms with Crippen molar-refractivity contribution in [3.05, 3.63) is 40.9 Å². The molecule has 1 aromatic heterocycles.